The van der Waals surface area contributed by atoms with Crippen LogP contribution in [0, 0.1) is 0 Å². The number of piperidine rings is 1. The molecular weight excluding hydrogens is 310 g/mol. The van der Waals surface area contributed by atoms with Gasteiger partial charge in [-0.1, -0.05) is 48.5 Å². The highest BCUT2D eigenvalue weighted by molar-refractivity contribution is 5.93. The van der Waals surface area contributed by atoms with Gasteiger partial charge in [0.15, 0.2) is 0 Å². The quantitative estimate of drug-likeness (QED) is 0.750. The normalized spacial score (nSPS) is 21.1. The SMILES string of the molecule is O=C1OC(CCCN2CCC(c3ccccc3)CC2)c2ccccc21. The summed E-state index contributed by atoms with van der Waals surface area (Å²) in [7, 11) is 0. The van der Waals surface area contributed by atoms with E-state index in [0.29, 0.717) is 5.92 Å². The minimum Gasteiger partial charge on any atom is -0.454 e. The molecule has 0 spiro atoms. The summed E-state index contributed by atoms with van der Waals surface area (Å²) in [4.78, 5) is 14.4. The summed E-state index contributed by atoms with van der Waals surface area (Å²) in [6.45, 7) is 3.43. The van der Waals surface area contributed by atoms with E-state index in [9.17, 15) is 4.79 Å². The second kappa shape index (κ2) is 7.40. The van der Waals surface area contributed by atoms with Crippen LogP contribution in [0.4, 0.5) is 0 Å². The third-order valence-corrected chi connectivity index (χ3v) is 5.58. The van der Waals surface area contributed by atoms with Crippen LogP contribution >= 0.6 is 0 Å². The fourth-order valence-corrected chi connectivity index (χ4v) is 4.15. The molecule has 3 nitrogen and oxygen atoms in total. The molecule has 0 aromatic heterocycles. The van der Waals surface area contributed by atoms with Crippen molar-refractivity contribution >= 4 is 5.97 Å². The van der Waals surface area contributed by atoms with Gasteiger partial charge in [0.2, 0.25) is 0 Å². The summed E-state index contributed by atoms with van der Waals surface area (Å²) >= 11 is 0. The van der Waals surface area contributed by atoms with Crippen LogP contribution in [0.2, 0.25) is 0 Å². The van der Waals surface area contributed by atoms with Crippen molar-refractivity contribution in [1.29, 1.82) is 0 Å². The van der Waals surface area contributed by atoms with Gasteiger partial charge in [0.25, 0.3) is 0 Å². The average molecular weight is 335 g/mol. The molecule has 2 aliphatic rings. The summed E-state index contributed by atoms with van der Waals surface area (Å²) in [5.74, 6) is 0.546. The topological polar surface area (TPSA) is 29.5 Å². The van der Waals surface area contributed by atoms with Gasteiger partial charge < -0.3 is 9.64 Å². The fourth-order valence-electron chi connectivity index (χ4n) is 4.15. The summed E-state index contributed by atoms with van der Waals surface area (Å²) in [6, 6.07) is 18.7. The van der Waals surface area contributed by atoms with Crippen molar-refractivity contribution in [3.8, 4) is 0 Å². The molecule has 4 rings (SSSR count). The lowest BCUT2D eigenvalue weighted by Gasteiger charge is -2.32. The number of benzene rings is 2. The van der Waals surface area contributed by atoms with Crippen molar-refractivity contribution < 1.29 is 9.53 Å². The molecule has 2 aromatic rings. The number of hydrogen-bond acceptors (Lipinski definition) is 3. The van der Waals surface area contributed by atoms with E-state index in [-0.39, 0.29) is 12.1 Å². The van der Waals surface area contributed by atoms with Crippen molar-refractivity contribution in [2.75, 3.05) is 19.6 Å². The molecule has 0 bridgehead atoms. The fraction of sp³-hybridized carbons (Fsp3) is 0.409. The molecule has 2 heterocycles. The first-order valence-electron chi connectivity index (χ1n) is 9.38. The zero-order valence-corrected chi connectivity index (χ0v) is 14.6. The van der Waals surface area contributed by atoms with E-state index < -0.39 is 0 Å². The van der Waals surface area contributed by atoms with Crippen LogP contribution in [-0.4, -0.2) is 30.5 Å². The van der Waals surface area contributed by atoms with E-state index in [0.717, 1.165) is 30.5 Å². The van der Waals surface area contributed by atoms with Crippen LogP contribution in [0.5, 0.6) is 0 Å². The molecule has 130 valence electrons. The molecule has 1 atom stereocenters. The Bertz CT molecular complexity index is 720. The Morgan fingerprint density at radius 3 is 2.48 bits per heavy atom. The lowest BCUT2D eigenvalue weighted by atomic mass is 9.89. The number of carbonyl (C=O) groups is 1. The van der Waals surface area contributed by atoms with Gasteiger partial charge in [0.05, 0.1) is 5.56 Å². The second-order valence-corrected chi connectivity index (χ2v) is 7.15. The van der Waals surface area contributed by atoms with E-state index in [1.54, 1.807) is 0 Å². The predicted molar refractivity (Wildman–Crippen MR) is 98.7 cm³/mol. The van der Waals surface area contributed by atoms with Crippen LogP contribution in [0.3, 0.4) is 0 Å². The Morgan fingerprint density at radius 2 is 1.68 bits per heavy atom. The monoisotopic (exact) mass is 335 g/mol. The van der Waals surface area contributed by atoms with Crippen molar-refractivity contribution in [2.24, 2.45) is 0 Å². The molecule has 0 aliphatic carbocycles. The standard InChI is InChI=1S/C22H25NO2/c24-22-20-10-5-4-9-19(20)21(25-22)11-6-14-23-15-12-18(13-16-23)17-7-2-1-3-8-17/h1-5,7-10,18,21H,6,11-16H2. The summed E-state index contributed by atoms with van der Waals surface area (Å²) in [6.07, 6.45) is 4.42. The first kappa shape index (κ1) is 16.3. The number of carbonyl (C=O) groups excluding carboxylic acids is 1. The van der Waals surface area contributed by atoms with Crippen molar-refractivity contribution in [3.63, 3.8) is 0 Å². The Morgan fingerprint density at radius 1 is 0.960 bits per heavy atom. The van der Waals surface area contributed by atoms with Gasteiger partial charge in [-0.25, -0.2) is 4.79 Å². The highest BCUT2D eigenvalue weighted by atomic mass is 16.5. The maximum absolute atomic E-state index is 11.9. The predicted octanol–water partition coefficient (Wildman–Crippen LogP) is 4.56. The Kier molecular flexibility index (Phi) is 4.84. The molecule has 0 saturated carbocycles. The van der Waals surface area contributed by atoms with Gasteiger partial charge in [-0.15, -0.1) is 0 Å². The summed E-state index contributed by atoms with van der Waals surface area (Å²) < 4.78 is 5.54. The number of hydrogen-bond donors (Lipinski definition) is 0. The second-order valence-electron chi connectivity index (χ2n) is 7.15. The maximum Gasteiger partial charge on any atom is 0.339 e. The molecule has 3 heteroatoms. The zero-order chi connectivity index (χ0) is 17.1. The van der Waals surface area contributed by atoms with E-state index in [1.165, 1.54) is 31.5 Å². The van der Waals surface area contributed by atoms with Crippen molar-refractivity contribution in [2.45, 2.75) is 37.7 Å². The Labute approximate surface area is 149 Å². The highest BCUT2D eigenvalue weighted by Gasteiger charge is 2.30. The number of esters is 1. The van der Waals surface area contributed by atoms with E-state index >= 15 is 0 Å². The molecular formula is C22H25NO2. The maximum atomic E-state index is 11.9. The third-order valence-electron chi connectivity index (χ3n) is 5.58. The first-order valence-corrected chi connectivity index (χ1v) is 9.38. The molecule has 0 radical (unpaired) electrons. The smallest absolute Gasteiger partial charge is 0.339 e. The van der Waals surface area contributed by atoms with Crippen LogP contribution in [0.25, 0.3) is 0 Å². The minimum absolute atomic E-state index is 0.0504. The number of nitrogens with zero attached hydrogens (tertiary/aromatic N) is 1. The number of cyclic esters (lactones) is 1. The number of fused-ring (bicyclic) bond motifs is 1. The minimum atomic E-state index is -0.163. The lowest BCUT2D eigenvalue weighted by Crippen LogP contribution is -2.33. The van der Waals surface area contributed by atoms with Gasteiger partial charge in [-0.05, 0) is 62.9 Å². The van der Waals surface area contributed by atoms with Crippen molar-refractivity contribution in [3.05, 3.63) is 71.3 Å². The van der Waals surface area contributed by atoms with Gasteiger partial charge >= 0.3 is 5.97 Å². The van der Waals surface area contributed by atoms with Crippen LogP contribution in [0.15, 0.2) is 54.6 Å². The van der Waals surface area contributed by atoms with Crippen molar-refractivity contribution in [1.82, 2.24) is 4.90 Å². The van der Waals surface area contributed by atoms with Gasteiger partial charge in [0.1, 0.15) is 6.10 Å². The van der Waals surface area contributed by atoms with Gasteiger partial charge in [-0.2, -0.15) is 0 Å². The molecule has 1 saturated heterocycles. The molecule has 2 aliphatic heterocycles. The number of ether oxygens (including phenoxy) is 1. The number of rotatable bonds is 5. The number of likely N-dealkylation sites (tertiary alicyclic amines) is 1. The Balaban J connectivity index is 1.24. The largest absolute Gasteiger partial charge is 0.454 e. The lowest BCUT2D eigenvalue weighted by molar-refractivity contribution is 0.0356. The summed E-state index contributed by atoms with van der Waals surface area (Å²) in [5.41, 5.74) is 3.29. The highest BCUT2D eigenvalue weighted by Crippen LogP contribution is 2.34. The molecule has 1 fully saturated rings. The van der Waals surface area contributed by atoms with Crippen LogP contribution < -0.4 is 0 Å². The Hall–Kier alpha value is -2.13. The van der Waals surface area contributed by atoms with E-state index in [4.69, 9.17) is 4.74 Å². The molecule has 0 N–H and O–H groups in total. The van der Waals surface area contributed by atoms with Gasteiger partial charge in [-0.3, -0.25) is 0 Å². The molecule has 2 aromatic carbocycles. The molecule has 0 amide bonds. The first-order chi connectivity index (χ1) is 12.3. The third kappa shape index (κ3) is 3.62. The summed E-state index contributed by atoms with van der Waals surface area (Å²) in [5, 5.41) is 0. The average Bonchev–Trinajstić information content (AvgIpc) is 2.99. The zero-order valence-electron chi connectivity index (χ0n) is 14.6. The van der Waals surface area contributed by atoms with E-state index in [1.807, 2.05) is 24.3 Å². The van der Waals surface area contributed by atoms with Gasteiger partial charge in [0, 0.05) is 5.56 Å². The van der Waals surface area contributed by atoms with Crippen LogP contribution in [0.1, 0.15) is 59.2 Å². The molecule has 25 heavy (non-hydrogen) atoms. The van der Waals surface area contributed by atoms with E-state index in [2.05, 4.69) is 35.2 Å². The van der Waals surface area contributed by atoms with Crippen LogP contribution in [-0.2, 0) is 4.74 Å². The molecule has 1 unspecified atom stereocenters.